The molecule has 3 nitrogen and oxygen atoms in total. The van der Waals surface area contributed by atoms with Gasteiger partial charge in [0.2, 0.25) is 0 Å². The minimum Gasteiger partial charge on any atom is -0.506 e. The van der Waals surface area contributed by atoms with Gasteiger partial charge in [0.05, 0.1) is 5.02 Å². The van der Waals surface area contributed by atoms with Crippen molar-refractivity contribution in [2.24, 2.45) is 0 Å². The largest absolute Gasteiger partial charge is 0.506 e. The molecule has 3 aromatic rings. The van der Waals surface area contributed by atoms with Gasteiger partial charge in [0, 0.05) is 30.2 Å². The van der Waals surface area contributed by atoms with Crippen molar-refractivity contribution in [2.45, 2.75) is 26.3 Å². The number of benzene rings is 2. The summed E-state index contributed by atoms with van der Waals surface area (Å²) in [7, 11) is 0. The van der Waals surface area contributed by atoms with Crippen LogP contribution in [0.5, 0.6) is 5.75 Å². The lowest BCUT2D eigenvalue weighted by atomic mass is 10.1. The number of aromatic hydroxyl groups is 1. The first kappa shape index (κ1) is 16.9. The Labute approximate surface area is 147 Å². The number of para-hydroxylation sites is 1. The molecule has 1 heterocycles. The molecule has 2 aromatic carbocycles. The molecule has 0 saturated carbocycles. The van der Waals surface area contributed by atoms with Crippen molar-refractivity contribution in [3.63, 3.8) is 0 Å². The summed E-state index contributed by atoms with van der Waals surface area (Å²) in [6, 6.07) is 13.9. The number of halogens is 1. The zero-order valence-electron chi connectivity index (χ0n) is 13.9. The highest BCUT2D eigenvalue weighted by molar-refractivity contribution is 6.32. The molecule has 3 rings (SSSR count). The van der Waals surface area contributed by atoms with Gasteiger partial charge in [-0.25, -0.2) is 0 Å². The summed E-state index contributed by atoms with van der Waals surface area (Å²) in [5.41, 5.74) is 3.63. The summed E-state index contributed by atoms with van der Waals surface area (Å²) in [4.78, 5) is 5.81. The van der Waals surface area contributed by atoms with Crippen LogP contribution in [0.25, 0.3) is 10.9 Å². The predicted octanol–water partition coefficient (Wildman–Crippen LogP) is 4.98. The molecule has 0 saturated heterocycles. The Morgan fingerprint density at radius 2 is 1.96 bits per heavy atom. The van der Waals surface area contributed by atoms with Crippen LogP contribution in [-0.2, 0) is 13.0 Å². The number of fused-ring (bicyclic) bond motifs is 1. The molecule has 0 aliphatic heterocycles. The summed E-state index contributed by atoms with van der Waals surface area (Å²) in [5.74, 6) is 0.160. The van der Waals surface area contributed by atoms with E-state index in [1.807, 2.05) is 6.07 Å². The summed E-state index contributed by atoms with van der Waals surface area (Å²) in [6.07, 6.45) is 4.13. The van der Waals surface area contributed by atoms with Crippen LogP contribution in [0, 0.1) is 0 Å². The zero-order chi connectivity index (χ0) is 16.9. The standard InChI is InChI=1S/C20H23ClN2O/c1-2-10-23(11-9-15-7-8-18(21)20(24)12-15)14-16-13-22-19-6-4-3-5-17(16)19/h3-8,12-13,22,24H,2,9-11,14H2,1H3. The molecule has 4 heteroatoms. The van der Waals surface area contributed by atoms with Crippen LogP contribution in [0.1, 0.15) is 24.5 Å². The molecule has 0 bridgehead atoms. The van der Waals surface area contributed by atoms with Gasteiger partial charge in [-0.1, -0.05) is 42.8 Å². The van der Waals surface area contributed by atoms with E-state index in [0.29, 0.717) is 5.02 Å². The third-order valence-corrected chi connectivity index (χ3v) is 4.66. The molecule has 0 atom stereocenters. The number of phenolic OH excluding ortho intramolecular Hbond substituents is 1. The van der Waals surface area contributed by atoms with Gasteiger partial charge in [-0.05, 0) is 48.7 Å². The number of rotatable bonds is 7. The number of aromatic amines is 1. The van der Waals surface area contributed by atoms with Crippen LogP contribution in [-0.4, -0.2) is 28.1 Å². The average molecular weight is 343 g/mol. The highest BCUT2D eigenvalue weighted by Gasteiger charge is 2.10. The zero-order valence-corrected chi connectivity index (χ0v) is 14.7. The molecule has 1 aromatic heterocycles. The second-order valence-electron chi connectivity index (χ2n) is 6.17. The SMILES string of the molecule is CCCN(CCc1ccc(Cl)c(O)c1)Cc1c[nH]c2ccccc12. The Kier molecular flexibility index (Phi) is 5.44. The van der Waals surface area contributed by atoms with Gasteiger partial charge in [0.15, 0.2) is 0 Å². The highest BCUT2D eigenvalue weighted by Crippen LogP contribution is 2.24. The minimum absolute atomic E-state index is 0.160. The van der Waals surface area contributed by atoms with Crippen LogP contribution in [0.4, 0.5) is 0 Å². The monoisotopic (exact) mass is 342 g/mol. The summed E-state index contributed by atoms with van der Waals surface area (Å²) < 4.78 is 0. The van der Waals surface area contributed by atoms with E-state index in [-0.39, 0.29) is 5.75 Å². The normalized spacial score (nSPS) is 11.5. The smallest absolute Gasteiger partial charge is 0.134 e. The fraction of sp³-hybridized carbons (Fsp3) is 0.300. The molecular weight excluding hydrogens is 320 g/mol. The lowest BCUT2D eigenvalue weighted by Crippen LogP contribution is -2.26. The summed E-state index contributed by atoms with van der Waals surface area (Å²) in [6.45, 7) is 5.14. The van der Waals surface area contributed by atoms with E-state index in [1.165, 1.54) is 16.5 Å². The number of H-pyrrole nitrogens is 1. The van der Waals surface area contributed by atoms with Crippen molar-refractivity contribution in [1.29, 1.82) is 0 Å². The van der Waals surface area contributed by atoms with E-state index in [1.54, 1.807) is 12.1 Å². The first-order valence-electron chi connectivity index (χ1n) is 8.42. The topological polar surface area (TPSA) is 39.3 Å². The number of aromatic nitrogens is 1. The molecule has 126 valence electrons. The second kappa shape index (κ2) is 7.73. The fourth-order valence-corrected chi connectivity index (χ4v) is 3.21. The number of hydrogen-bond donors (Lipinski definition) is 2. The van der Waals surface area contributed by atoms with E-state index in [9.17, 15) is 5.11 Å². The van der Waals surface area contributed by atoms with Crippen molar-refractivity contribution >= 4 is 22.5 Å². The summed E-state index contributed by atoms with van der Waals surface area (Å²) >= 11 is 5.88. The first-order chi connectivity index (χ1) is 11.7. The van der Waals surface area contributed by atoms with Crippen LogP contribution in [0.3, 0.4) is 0 Å². The Morgan fingerprint density at radius 3 is 2.75 bits per heavy atom. The molecule has 0 spiro atoms. The van der Waals surface area contributed by atoms with Gasteiger partial charge in [0.1, 0.15) is 5.75 Å². The minimum atomic E-state index is 0.160. The second-order valence-corrected chi connectivity index (χ2v) is 6.58. The van der Waals surface area contributed by atoms with Gasteiger partial charge < -0.3 is 10.1 Å². The van der Waals surface area contributed by atoms with Gasteiger partial charge in [-0.2, -0.15) is 0 Å². The lowest BCUT2D eigenvalue weighted by Gasteiger charge is -2.21. The Balaban J connectivity index is 1.69. The van der Waals surface area contributed by atoms with Crippen LogP contribution < -0.4 is 0 Å². The maximum Gasteiger partial charge on any atom is 0.134 e. The van der Waals surface area contributed by atoms with Crippen LogP contribution in [0.15, 0.2) is 48.7 Å². The van der Waals surface area contributed by atoms with Crippen LogP contribution in [0.2, 0.25) is 5.02 Å². The van der Waals surface area contributed by atoms with Crippen molar-refractivity contribution in [2.75, 3.05) is 13.1 Å². The molecule has 24 heavy (non-hydrogen) atoms. The Bertz CT molecular complexity index is 812. The third kappa shape index (κ3) is 3.92. The maximum absolute atomic E-state index is 9.74. The van der Waals surface area contributed by atoms with Gasteiger partial charge >= 0.3 is 0 Å². The van der Waals surface area contributed by atoms with Gasteiger partial charge in [-0.3, -0.25) is 4.90 Å². The highest BCUT2D eigenvalue weighted by atomic mass is 35.5. The lowest BCUT2D eigenvalue weighted by molar-refractivity contribution is 0.270. The molecule has 2 N–H and O–H groups in total. The van der Waals surface area contributed by atoms with Crippen molar-refractivity contribution < 1.29 is 5.11 Å². The van der Waals surface area contributed by atoms with Crippen molar-refractivity contribution in [1.82, 2.24) is 9.88 Å². The molecule has 0 unspecified atom stereocenters. The van der Waals surface area contributed by atoms with E-state index >= 15 is 0 Å². The van der Waals surface area contributed by atoms with E-state index in [2.05, 4.69) is 47.3 Å². The van der Waals surface area contributed by atoms with Crippen molar-refractivity contribution in [3.05, 3.63) is 64.8 Å². The molecule has 0 fully saturated rings. The first-order valence-corrected chi connectivity index (χ1v) is 8.80. The van der Waals surface area contributed by atoms with Gasteiger partial charge in [-0.15, -0.1) is 0 Å². The Morgan fingerprint density at radius 1 is 1.12 bits per heavy atom. The molecular formula is C20H23ClN2O. The van der Waals surface area contributed by atoms with E-state index in [0.717, 1.165) is 38.0 Å². The Hall–Kier alpha value is -1.97. The maximum atomic E-state index is 9.74. The average Bonchev–Trinajstić information content (AvgIpc) is 2.99. The van der Waals surface area contributed by atoms with E-state index < -0.39 is 0 Å². The molecule has 0 aliphatic carbocycles. The number of nitrogens with one attached hydrogen (secondary N) is 1. The summed E-state index contributed by atoms with van der Waals surface area (Å²) in [5, 5.41) is 11.4. The van der Waals surface area contributed by atoms with Crippen molar-refractivity contribution in [3.8, 4) is 5.75 Å². The molecule has 0 amide bonds. The number of nitrogens with zero attached hydrogens (tertiary/aromatic N) is 1. The predicted molar refractivity (Wildman–Crippen MR) is 101 cm³/mol. The quantitative estimate of drug-likeness (QED) is 0.635. The van der Waals surface area contributed by atoms with Gasteiger partial charge in [0.25, 0.3) is 0 Å². The fourth-order valence-electron chi connectivity index (χ4n) is 3.09. The van der Waals surface area contributed by atoms with E-state index in [4.69, 9.17) is 11.6 Å². The number of phenols is 1. The number of hydrogen-bond acceptors (Lipinski definition) is 2. The van der Waals surface area contributed by atoms with Crippen LogP contribution >= 0.6 is 11.6 Å². The molecule has 0 aliphatic rings. The molecule has 0 radical (unpaired) electrons. The third-order valence-electron chi connectivity index (χ3n) is 4.34.